The minimum Gasteiger partial charge on any atom is -0.396 e. The molecule has 1 aromatic rings. The van der Waals surface area contributed by atoms with Gasteiger partial charge in [-0.25, -0.2) is 5.43 Å². The monoisotopic (exact) mass is 332 g/mol. The van der Waals surface area contributed by atoms with E-state index in [1.807, 2.05) is 0 Å². The number of aliphatic hydroxyl groups is 1. The summed E-state index contributed by atoms with van der Waals surface area (Å²) < 4.78 is 0. The van der Waals surface area contributed by atoms with Crippen LogP contribution in [0.3, 0.4) is 0 Å². The largest absolute Gasteiger partial charge is 0.396 e. The van der Waals surface area contributed by atoms with Gasteiger partial charge in [0.1, 0.15) is 0 Å². The van der Waals surface area contributed by atoms with Crippen molar-refractivity contribution in [2.45, 2.75) is 38.4 Å². The van der Waals surface area contributed by atoms with E-state index < -0.39 is 0 Å². The Hall–Kier alpha value is -0.980. The average Bonchev–Trinajstić information content (AvgIpc) is 3.04. The summed E-state index contributed by atoms with van der Waals surface area (Å²) in [6.07, 6.45) is 0.873. The molecule has 0 aliphatic carbocycles. The first-order valence-corrected chi connectivity index (χ1v) is 9.31. The van der Waals surface area contributed by atoms with Crippen molar-refractivity contribution in [3.05, 3.63) is 35.9 Å². The van der Waals surface area contributed by atoms with E-state index in [-0.39, 0.29) is 6.61 Å². The summed E-state index contributed by atoms with van der Waals surface area (Å²) in [6, 6.07) is 12.1. The van der Waals surface area contributed by atoms with Gasteiger partial charge in [0.25, 0.3) is 0 Å². The first-order valence-electron chi connectivity index (χ1n) is 9.31. The van der Waals surface area contributed by atoms with E-state index in [9.17, 15) is 5.11 Å². The second kappa shape index (κ2) is 8.41. The maximum absolute atomic E-state index is 9.41. The van der Waals surface area contributed by atoms with Crippen LogP contribution in [0.4, 0.5) is 0 Å². The molecule has 0 aromatic heterocycles. The van der Waals surface area contributed by atoms with E-state index in [1.54, 1.807) is 0 Å². The van der Waals surface area contributed by atoms with Gasteiger partial charge in [0, 0.05) is 57.3 Å². The van der Waals surface area contributed by atoms with Crippen LogP contribution in [-0.2, 0) is 0 Å². The maximum Gasteiger partial charge on any atom is 0.0515 e. The van der Waals surface area contributed by atoms with Crippen LogP contribution in [0.25, 0.3) is 0 Å². The van der Waals surface area contributed by atoms with Crippen LogP contribution in [-0.4, -0.2) is 66.3 Å². The van der Waals surface area contributed by atoms with Gasteiger partial charge in [-0.05, 0) is 25.8 Å². The number of nitrogens with one attached hydrogen (secondary N) is 2. The highest BCUT2D eigenvalue weighted by atomic mass is 16.3. The van der Waals surface area contributed by atoms with Crippen LogP contribution in [0.5, 0.6) is 0 Å². The Morgan fingerprint density at radius 1 is 1.21 bits per heavy atom. The van der Waals surface area contributed by atoms with Gasteiger partial charge in [0.2, 0.25) is 0 Å². The predicted molar refractivity (Wildman–Crippen MR) is 97.6 cm³/mol. The normalized spacial score (nSPS) is 29.4. The van der Waals surface area contributed by atoms with Crippen molar-refractivity contribution >= 4 is 0 Å². The zero-order chi connectivity index (χ0) is 16.9. The van der Waals surface area contributed by atoms with E-state index in [2.05, 4.69) is 64.8 Å². The lowest BCUT2D eigenvalue weighted by atomic mass is 9.93. The summed E-state index contributed by atoms with van der Waals surface area (Å²) in [5.41, 5.74) is 8.16. The Morgan fingerprint density at radius 3 is 2.71 bits per heavy atom. The average molecular weight is 332 g/mol. The zero-order valence-electron chi connectivity index (χ0n) is 15.0. The van der Waals surface area contributed by atoms with Gasteiger partial charge >= 0.3 is 0 Å². The second-order valence-electron chi connectivity index (χ2n) is 7.43. The number of hydrogen-bond acceptors (Lipinski definition) is 5. The molecule has 2 heterocycles. The quantitative estimate of drug-likeness (QED) is 0.732. The second-order valence-corrected chi connectivity index (χ2v) is 7.43. The van der Waals surface area contributed by atoms with Gasteiger partial charge in [-0.2, -0.15) is 0 Å². The minimum atomic E-state index is 0.279. The van der Waals surface area contributed by atoms with Gasteiger partial charge in [0.15, 0.2) is 0 Å². The topological polar surface area (TPSA) is 50.8 Å². The molecule has 2 saturated heterocycles. The first kappa shape index (κ1) is 17.8. The van der Waals surface area contributed by atoms with Crippen molar-refractivity contribution in [3.8, 4) is 0 Å². The van der Waals surface area contributed by atoms with Crippen molar-refractivity contribution in [1.29, 1.82) is 0 Å². The lowest BCUT2D eigenvalue weighted by molar-refractivity contribution is 0.0315. The van der Waals surface area contributed by atoms with Crippen molar-refractivity contribution in [2.75, 3.05) is 39.3 Å². The Bertz CT molecular complexity index is 495. The minimum absolute atomic E-state index is 0.279. The summed E-state index contributed by atoms with van der Waals surface area (Å²) in [4.78, 5) is 5.14. The van der Waals surface area contributed by atoms with Gasteiger partial charge in [-0.3, -0.25) is 10.3 Å². The smallest absolute Gasteiger partial charge is 0.0515 e. The summed E-state index contributed by atoms with van der Waals surface area (Å²) in [5.74, 6) is 0.577. The molecule has 134 valence electrons. The van der Waals surface area contributed by atoms with E-state index in [1.165, 1.54) is 5.56 Å². The number of benzene rings is 1. The lowest BCUT2D eigenvalue weighted by Gasteiger charge is -2.44. The van der Waals surface area contributed by atoms with E-state index in [0.29, 0.717) is 24.0 Å². The third-order valence-electron chi connectivity index (χ3n) is 5.48. The molecule has 3 atom stereocenters. The summed E-state index contributed by atoms with van der Waals surface area (Å²) in [5, 5.41) is 9.41. The number of rotatable bonds is 6. The standard InChI is InChI=1S/C19H32N4O/c1-15(2)23-10-9-22(14-18(23)8-11-24)13-17-12-20-21-19(17)16-6-4-3-5-7-16/h3-7,15,17-21,24H,8-14H2,1-2H3. The fourth-order valence-electron chi connectivity index (χ4n) is 4.24. The van der Waals surface area contributed by atoms with Crippen LogP contribution >= 0.6 is 0 Å². The van der Waals surface area contributed by atoms with Crippen molar-refractivity contribution in [3.63, 3.8) is 0 Å². The molecule has 2 aliphatic rings. The maximum atomic E-state index is 9.41. The highest BCUT2D eigenvalue weighted by Gasteiger charge is 2.33. The summed E-state index contributed by atoms with van der Waals surface area (Å²) >= 11 is 0. The number of hydrogen-bond donors (Lipinski definition) is 3. The molecule has 0 bridgehead atoms. The molecule has 0 amide bonds. The molecule has 0 saturated carbocycles. The molecular formula is C19H32N4O. The number of aliphatic hydroxyl groups excluding tert-OH is 1. The van der Waals surface area contributed by atoms with Crippen molar-refractivity contribution in [2.24, 2.45) is 5.92 Å². The SMILES string of the molecule is CC(C)N1CCN(CC2CNNC2c2ccccc2)CC1CCO. The van der Waals surface area contributed by atoms with Crippen LogP contribution in [0.15, 0.2) is 30.3 Å². The Kier molecular flexibility index (Phi) is 6.25. The molecule has 0 radical (unpaired) electrons. The molecule has 2 aliphatic heterocycles. The highest BCUT2D eigenvalue weighted by Crippen LogP contribution is 2.26. The lowest BCUT2D eigenvalue weighted by Crippen LogP contribution is -2.56. The van der Waals surface area contributed by atoms with Gasteiger partial charge in [-0.15, -0.1) is 0 Å². The van der Waals surface area contributed by atoms with E-state index in [4.69, 9.17) is 0 Å². The summed E-state index contributed by atoms with van der Waals surface area (Å²) in [7, 11) is 0. The third kappa shape index (κ3) is 4.16. The van der Waals surface area contributed by atoms with Gasteiger partial charge in [-0.1, -0.05) is 30.3 Å². The zero-order valence-corrected chi connectivity index (χ0v) is 15.0. The van der Waals surface area contributed by atoms with Crippen molar-refractivity contribution in [1.82, 2.24) is 20.7 Å². The molecule has 24 heavy (non-hydrogen) atoms. The fraction of sp³-hybridized carbons (Fsp3) is 0.684. The fourth-order valence-corrected chi connectivity index (χ4v) is 4.24. The molecule has 0 spiro atoms. The van der Waals surface area contributed by atoms with Crippen LogP contribution in [0.1, 0.15) is 31.9 Å². The number of hydrazine groups is 1. The van der Waals surface area contributed by atoms with Crippen molar-refractivity contribution < 1.29 is 5.11 Å². The van der Waals surface area contributed by atoms with Crippen LogP contribution in [0, 0.1) is 5.92 Å². The molecule has 5 nitrogen and oxygen atoms in total. The number of nitrogens with zero attached hydrogens (tertiary/aromatic N) is 2. The van der Waals surface area contributed by atoms with Gasteiger partial charge < -0.3 is 10.0 Å². The third-order valence-corrected chi connectivity index (χ3v) is 5.48. The molecule has 5 heteroatoms. The summed E-state index contributed by atoms with van der Waals surface area (Å²) in [6.45, 7) is 10.2. The Balaban J connectivity index is 1.61. The Labute approximate surface area is 146 Å². The number of piperazine rings is 1. The Morgan fingerprint density at radius 2 is 2.00 bits per heavy atom. The van der Waals surface area contributed by atoms with E-state index in [0.717, 1.165) is 39.1 Å². The van der Waals surface area contributed by atoms with Gasteiger partial charge in [0.05, 0.1) is 6.04 Å². The molecule has 3 unspecified atom stereocenters. The predicted octanol–water partition coefficient (Wildman–Crippen LogP) is 1.23. The van der Waals surface area contributed by atoms with Crippen LogP contribution < -0.4 is 10.9 Å². The van der Waals surface area contributed by atoms with Crippen LogP contribution in [0.2, 0.25) is 0 Å². The molecule has 3 N–H and O–H groups in total. The first-order chi connectivity index (χ1) is 11.7. The molecular weight excluding hydrogens is 300 g/mol. The highest BCUT2D eigenvalue weighted by molar-refractivity contribution is 5.20. The molecule has 3 rings (SSSR count). The van der Waals surface area contributed by atoms with E-state index >= 15 is 0 Å². The molecule has 1 aromatic carbocycles. The molecule has 2 fully saturated rings.